The fraction of sp³-hybridized carbons (Fsp3) is 0.273. The summed E-state index contributed by atoms with van der Waals surface area (Å²) in [7, 11) is 0. The summed E-state index contributed by atoms with van der Waals surface area (Å²) in [4.78, 5) is 22.4. The highest BCUT2D eigenvalue weighted by Gasteiger charge is 2.14. The summed E-state index contributed by atoms with van der Waals surface area (Å²) in [6.07, 6.45) is 0. The first-order chi connectivity index (χ1) is 7.91. The minimum atomic E-state index is -0.932. The van der Waals surface area contributed by atoms with E-state index in [1.807, 2.05) is 0 Å². The van der Waals surface area contributed by atoms with Crippen LogP contribution in [0.4, 0.5) is 0 Å². The van der Waals surface area contributed by atoms with Crippen LogP contribution < -0.4 is 5.32 Å². The van der Waals surface area contributed by atoms with E-state index in [1.165, 1.54) is 0 Å². The van der Waals surface area contributed by atoms with Crippen molar-refractivity contribution < 1.29 is 14.7 Å². The number of carboxylic acid groups (broad SMARTS) is 1. The van der Waals surface area contributed by atoms with Crippen LogP contribution in [-0.2, 0) is 4.79 Å². The number of hydrogen-bond acceptors (Lipinski definition) is 2. The van der Waals surface area contributed by atoms with Gasteiger partial charge >= 0.3 is 5.97 Å². The van der Waals surface area contributed by atoms with Crippen molar-refractivity contribution in [2.75, 3.05) is 6.54 Å². The molecule has 1 aromatic rings. The monoisotopic (exact) mass is 363 g/mol. The zero-order chi connectivity index (χ0) is 13.0. The predicted octanol–water partition coefficient (Wildman–Crippen LogP) is 2.66. The maximum absolute atomic E-state index is 11.8. The Morgan fingerprint density at radius 3 is 2.65 bits per heavy atom. The van der Waals surface area contributed by atoms with Crippen LogP contribution in [0.1, 0.15) is 17.3 Å². The van der Waals surface area contributed by atoms with Crippen LogP contribution in [0, 0.1) is 5.92 Å². The minimum Gasteiger partial charge on any atom is -0.481 e. The van der Waals surface area contributed by atoms with Gasteiger partial charge in [0.25, 0.3) is 5.91 Å². The Kier molecular flexibility index (Phi) is 5.14. The molecule has 0 fully saturated rings. The van der Waals surface area contributed by atoms with Crippen LogP contribution in [0.25, 0.3) is 0 Å². The van der Waals surface area contributed by atoms with Crippen molar-refractivity contribution in [3.8, 4) is 0 Å². The molecule has 2 N–H and O–H groups in total. The summed E-state index contributed by atoms with van der Waals surface area (Å²) >= 11 is 6.54. The Labute approximate surface area is 116 Å². The summed E-state index contributed by atoms with van der Waals surface area (Å²) in [5.41, 5.74) is 0.469. The summed E-state index contributed by atoms with van der Waals surface area (Å²) in [6, 6.07) is 5.23. The van der Waals surface area contributed by atoms with Gasteiger partial charge in [-0.05, 0) is 34.1 Å². The van der Waals surface area contributed by atoms with Gasteiger partial charge in [-0.25, -0.2) is 0 Å². The average molecular weight is 365 g/mol. The molecule has 1 amide bonds. The topological polar surface area (TPSA) is 66.4 Å². The number of benzene rings is 1. The average Bonchev–Trinajstić information content (AvgIpc) is 2.28. The number of amides is 1. The highest BCUT2D eigenvalue weighted by molar-refractivity contribution is 9.11. The quantitative estimate of drug-likeness (QED) is 0.863. The van der Waals surface area contributed by atoms with Crippen molar-refractivity contribution in [3.63, 3.8) is 0 Å². The molecule has 1 atom stereocenters. The zero-order valence-corrected chi connectivity index (χ0v) is 12.2. The smallest absolute Gasteiger partial charge is 0.308 e. The van der Waals surface area contributed by atoms with Crippen LogP contribution in [0.5, 0.6) is 0 Å². The number of nitrogens with one attached hydrogen (secondary N) is 1. The van der Waals surface area contributed by atoms with Crippen LogP contribution in [0.3, 0.4) is 0 Å². The van der Waals surface area contributed by atoms with Gasteiger partial charge in [-0.2, -0.15) is 0 Å². The Hall–Kier alpha value is -0.880. The van der Waals surface area contributed by atoms with E-state index in [-0.39, 0.29) is 12.5 Å². The lowest BCUT2D eigenvalue weighted by Crippen LogP contribution is -2.31. The third-order valence-corrected chi connectivity index (χ3v) is 3.35. The number of carboxylic acids is 1. The van der Waals surface area contributed by atoms with Gasteiger partial charge in [0, 0.05) is 15.5 Å². The van der Waals surface area contributed by atoms with Crippen molar-refractivity contribution in [1.82, 2.24) is 5.32 Å². The first kappa shape index (κ1) is 14.2. The summed E-state index contributed by atoms with van der Waals surface area (Å²) in [5.74, 6) is -1.84. The van der Waals surface area contributed by atoms with E-state index in [0.29, 0.717) is 10.0 Å². The Morgan fingerprint density at radius 2 is 2.06 bits per heavy atom. The summed E-state index contributed by atoms with van der Waals surface area (Å²) in [5, 5.41) is 11.3. The van der Waals surface area contributed by atoms with E-state index in [9.17, 15) is 9.59 Å². The molecule has 1 unspecified atom stereocenters. The fourth-order valence-corrected chi connectivity index (χ4v) is 1.89. The Balaban J connectivity index is 2.70. The first-order valence-electron chi connectivity index (χ1n) is 4.88. The molecule has 0 radical (unpaired) electrons. The molecule has 0 aliphatic rings. The number of halogens is 2. The van der Waals surface area contributed by atoms with E-state index < -0.39 is 11.9 Å². The van der Waals surface area contributed by atoms with E-state index in [2.05, 4.69) is 37.2 Å². The van der Waals surface area contributed by atoms with Crippen LogP contribution in [-0.4, -0.2) is 23.5 Å². The van der Waals surface area contributed by atoms with Gasteiger partial charge in [0.2, 0.25) is 0 Å². The highest BCUT2D eigenvalue weighted by Crippen LogP contribution is 2.21. The van der Waals surface area contributed by atoms with Gasteiger partial charge in [-0.1, -0.05) is 22.9 Å². The lowest BCUT2D eigenvalue weighted by Gasteiger charge is -2.09. The Morgan fingerprint density at radius 1 is 1.41 bits per heavy atom. The lowest BCUT2D eigenvalue weighted by molar-refractivity contribution is -0.140. The zero-order valence-electron chi connectivity index (χ0n) is 9.04. The van der Waals surface area contributed by atoms with E-state index in [0.717, 1.165) is 4.47 Å². The van der Waals surface area contributed by atoms with E-state index in [1.54, 1.807) is 25.1 Å². The molecule has 17 heavy (non-hydrogen) atoms. The standard InChI is InChI=1S/C11H11Br2NO3/c1-6(11(16)17)5-14-10(15)8-4-7(12)2-3-9(8)13/h2-4,6H,5H2,1H3,(H,14,15)(H,16,17). The number of hydrogen-bond donors (Lipinski definition) is 2. The predicted molar refractivity (Wildman–Crippen MR) is 71.0 cm³/mol. The summed E-state index contributed by atoms with van der Waals surface area (Å²) < 4.78 is 1.46. The van der Waals surface area contributed by atoms with Crippen LogP contribution in [0.2, 0.25) is 0 Å². The third kappa shape index (κ3) is 4.12. The molecule has 1 rings (SSSR count). The minimum absolute atomic E-state index is 0.104. The van der Waals surface area contributed by atoms with Gasteiger partial charge in [0.05, 0.1) is 11.5 Å². The van der Waals surface area contributed by atoms with Crippen LogP contribution in [0.15, 0.2) is 27.1 Å². The number of carbonyl (C=O) groups is 2. The van der Waals surface area contributed by atoms with Crippen molar-refractivity contribution in [3.05, 3.63) is 32.7 Å². The van der Waals surface area contributed by atoms with Crippen molar-refractivity contribution >= 4 is 43.7 Å². The SMILES string of the molecule is CC(CNC(=O)c1cc(Br)ccc1Br)C(=O)O. The third-order valence-electron chi connectivity index (χ3n) is 2.16. The number of aliphatic carboxylic acids is 1. The molecule has 0 saturated carbocycles. The molecule has 0 aliphatic carbocycles. The second-order valence-electron chi connectivity index (χ2n) is 3.57. The van der Waals surface area contributed by atoms with E-state index >= 15 is 0 Å². The second kappa shape index (κ2) is 6.16. The molecule has 0 bridgehead atoms. The first-order valence-corrected chi connectivity index (χ1v) is 6.46. The maximum atomic E-state index is 11.8. The molecule has 6 heteroatoms. The molecule has 0 aliphatic heterocycles. The molecule has 4 nitrogen and oxygen atoms in total. The molecular formula is C11H11Br2NO3. The molecule has 0 saturated heterocycles. The fourth-order valence-electron chi connectivity index (χ4n) is 1.10. The molecule has 0 heterocycles. The van der Waals surface area contributed by atoms with Gasteiger partial charge in [0.15, 0.2) is 0 Å². The van der Waals surface area contributed by atoms with Crippen LogP contribution >= 0.6 is 31.9 Å². The lowest BCUT2D eigenvalue weighted by atomic mass is 10.1. The highest BCUT2D eigenvalue weighted by atomic mass is 79.9. The van der Waals surface area contributed by atoms with Gasteiger partial charge in [-0.15, -0.1) is 0 Å². The van der Waals surface area contributed by atoms with Gasteiger partial charge in [-0.3, -0.25) is 9.59 Å². The van der Waals surface area contributed by atoms with Gasteiger partial charge in [0.1, 0.15) is 0 Å². The molecule has 92 valence electrons. The molecule has 1 aromatic carbocycles. The van der Waals surface area contributed by atoms with Crippen molar-refractivity contribution in [1.29, 1.82) is 0 Å². The Bertz CT molecular complexity index is 448. The van der Waals surface area contributed by atoms with E-state index in [4.69, 9.17) is 5.11 Å². The summed E-state index contributed by atoms with van der Waals surface area (Å²) in [6.45, 7) is 1.64. The molecular weight excluding hydrogens is 354 g/mol. The molecule has 0 aromatic heterocycles. The number of carbonyl (C=O) groups excluding carboxylic acids is 1. The van der Waals surface area contributed by atoms with Crippen molar-refractivity contribution in [2.24, 2.45) is 5.92 Å². The molecule has 0 spiro atoms. The maximum Gasteiger partial charge on any atom is 0.308 e. The second-order valence-corrected chi connectivity index (χ2v) is 5.34. The normalized spacial score (nSPS) is 11.9. The van der Waals surface area contributed by atoms with Crippen molar-refractivity contribution in [2.45, 2.75) is 6.92 Å². The number of rotatable bonds is 4. The largest absolute Gasteiger partial charge is 0.481 e. The van der Waals surface area contributed by atoms with Gasteiger partial charge < -0.3 is 10.4 Å².